The molecule has 0 saturated carbocycles. The first kappa shape index (κ1) is 31.6. The van der Waals surface area contributed by atoms with E-state index in [1.54, 1.807) is 0 Å². The van der Waals surface area contributed by atoms with Crippen LogP contribution in [0.15, 0.2) is 205 Å². The van der Waals surface area contributed by atoms with Gasteiger partial charge < -0.3 is 9.32 Å². The summed E-state index contributed by atoms with van der Waals surface area (Å²) in [6.45, 7) is 0. The van der Waals surface area contributed by atoms with Crippen molar-refractivity contribution in [2.24, 2.45) is 0 Å². The molecule has 0 aliphatic carbocycles. The third kappa shape index (κ3) is 5.32. The molecule has 2 heterocycles. The fourth-order valence-electron chi connectivity index (χ4n) is 8.37. The van der Waals surface area contributed by atoms with Crippen LogP contribution in [0.2, 0.25) is 0 Å². The summed E-state index contributed by atoms with van der Waals surface area (Å²) in [4.78, 5) is 2.39. The summed E-state index contributed by atoms with van der Waals surface area (Å²) in [5.74, 6) is 0. The van der Waals surface area contributed by atoms with Crippen molar-refractivity contribution in [1.29, 1.82) is 0 Å². The Morgan fingerprint density at radius 3 is 1.71 bits per heavy atom. The van der Waals surface area contributed by atoms with Gasteiger partial charge in [-0.2, -0.15) is 0 Å². The molecular formula is C52H33NOS. The smallest absolute Gasteiger partial charge is 0.136 e. The molecule has 3 heteroatoms. The molecule has 0 N–H and O–H groups in total. The van der Waals surface area contributed by atoms with Crippen molar-refractivity contribution in [2.75, 3.05) is 4.90 Å². The lowest BCUT2D eigenvalue weighted by Gasteiger charge is -2.27. The van der Waals surface area contributed by atoms with Crippen molar-refractivity contribution in [3.8, 4) is 33.4 Å². The molecule has 0 amide bonds. The van der Waals surface area contributed by atoms with Crippen LogP contribution in [0.5, 0.6) is 0 Å². The van der Waals surface area contributed by atoms with Crippen LogP contribution >= 0.6 is 11.3 Å². The Labute approximate surface area is 322 Å². The van der Waals surface area contributed by atoms with Gasteiger partial charge in [-0.1, -0.05) is 140 Å². The molecule has 0 saturated heterocycles. The Morgan fingerprint density at radius 2 is 0.909 bits per heavy atom. The number of rotatable bonds is 6. The summed E-state index contributed by atoms with van der Waals surface area (Å²) >= 11 is 1.86. The Morgan fingerprint density at radius 1 is 0.345 bits per heavy atom. The maximum Gasteiger partial charge on any atom is 0.136 e. The predicted molar refractivity (Wildman–Crippen MR) is 235 cm³/mol. The van der Waals surface area contributed by atoms with Crippen LogP contribution in [0.25, 0.3) is 86.3 Å². The topological polar surface area (TPSA) is 16.4 Å². The monoisotopic (exact) mass is 719 g/mol. The molecule has 0 aliphatic rings. The second-order valence-corrected chi connectivity index (χ2v) is 15.1. The molecule has 0 fully saturated rings. The molecule has 0 aliphatic heterocycles. The summed E-state index contributed by atoms with van der Waals surface area (Å²) in [6.07, 6.45) is 0. The maximum atomic E-state index is 6.30. The number of anilines is 3. The van der Waals surface area contributed by atoms with E-state index in [0.717, 1.165) is 50.1 Å². The first-order chi connectivity index (χ1) is 27.3. The Balaban J connectivity index is 1.09. The van der Waals surface area contributed by atoms with Crippen molar-refractivity contribution in [3.05, 3.63) is 200 Å². The molecule has 11 rings (SSSR count). The van der Waals surface area contributed by atoms with E-state index < -0.39 is 0 Å². The lowest BCUT2D eigenvalue weighted by Crippen LogP contribution is -2.10. The standard InChI is InChI=1S/C52H33NOS/c1-2-18-41-34(12-1)13-9-21-42(41)35-28-30-38(31-29-35)53(39-16-7-14-36(32-39)43-22-10-25-48-51(43)45-19-3-5-24-47(45)54-48)40-17-8-15-37(33-40)44-23-11-27-50-52(44)46-20-4-6-26-49(46)55-50/h1-33H. The van der Waals surface area contributed by atoms with E-state index in [0.29, 0.717) is 0 Å². The lowest BCUT2D eigenvalue weighted by atomic mass is 9.97. The average molecular weight is 720 g/mol. The minimum absolute atomic E-state index is 0.896. The van der Waals surface area contributed by atoms with Gasteiger partial charge in [0.2, 0.25) is 0 Å². The number of hydrogen-bond acceptors (Lipinski definition) is 3. The summed E-state index contributed by atoms with van der Waals surface area (Å²) in [5.41, 5.74) is 12.2. The molecule has 0 radical (unpaired) electrons. The third-order valence-electron chi connectivity index (χ3n) is 10.9. The van der Waals surface area contributed by atoms with Crippen molar-refractivity contribution < 1.29 is 4.42 Å². The number of nitrogens with zero attached hydrogens (tertiary/aromatic N) is 1. The summed E-state index contributed by atoms with van der Waals surface area (Å²) in [6, 6.07) is 72.2. The fourth-order valence-corrected chi connectivity index (χ4v) is 9.50. The molecule has 2 aromatic heterocycles. The zero-order valence-corrected chi connectivity index (χ0v) is 30.6. The fraction of sp³-hybridized carbons (Fsp3) is 0. The Hall–Kier alpha value is -6.94. The molecule has 0 atom stereocenters. The van der Waals surface area contributed by atoms with Gasteiger partial charge in [0.15, 0.2) is 0 Å². The molecule has 258 valence electrons. The summed E-state index contributed by atoms with van der Waals surface area (Å²) in [7, 11) is 0. The van der Waals surface area contributed by atoms with Gasteiger partial charge in [-0.25, -0.2) is 0 Å². The zero-order valence-electron chi connectivity index (χ0n) is 29.8. The van der Waals surface area contributed by atoms with Crippen LogP contribution in [0, 0.1) is 0 Å². The van der Waals surface area contributed by atoms with Crippen LogP contribution in [0.3, 0.4) is 0 Å². The number of fused-ring (bicyclic) bond motifs is 7. The van der Waals surface area contributed by atoms with E-state index in [9.17, 15) is 0 Å². The predicted octanol–water partition coefficient (Wildman–Crippen LogP) is 15.6. The molecule has 0 unspecified atom stereocenters. The highest BCUT2D eigenvalue weighted by Gasteiger charge is 2.18. The molecule has 0 spiro atoms. The van der Waals surface area contributed by atoms with E-state index in [4.69, 9.17) is 4.42 Å². The lowest BCUT2D eigenvalue weighted by molar-refractivity contribution is 0.669. The van der Waals surface area contributed by atoms with Gasteiger partial charge in [0.1, 0.15) is 11.2 Å². The molecule has 2 nitrogen and oxygen atoms in total. The highest BCUT2D eigenvalue weighted by Crippen LogP contribution is 2.44. The molecule has 55 heavy (non-hydrogen) atoms. The quantitative estimate of drug-likeness (QED) is 0.170. The largest absolute Gasteiger partial charge is 0.456 e. The first-order valence-electron chi connectivity index (χ1n) is 18.7. The van der Waals surface area contributed by atoms with Gasteiger partial charge in [0.25, 0.3) is 0 Å². The molecule has 11 aromatic rings. The summed E-state index contributed by atoms with van der Waals surface area (Å²) in [5, 5.41) is 7.38. The highest BCUT2D eigenvalue weighted by atomic mass is 32.1. The maximum absolute atomic E-state index is 6.30. The second-order valence-electron chi connectivity index (χ2n) is 14.1. The number of para-hydroxylation sites is 1. The molecule has 0 bridgehead atoms. The normalized spacial score (nSPS) is 11.6. The van der Waals surface area contributed by atoms with Crippen LogP contribution in [0.1, 0.15) is 0 Å². The molecule has 9 aromatic carbocycles. The number of hydrogen-bond donors (Lipinski definition) is 0. The Bertz CT molecular complexity index is 3060. The van der Waals surface area contributed by atoms with E-state index in [-0.39, 0.29) is 0 Å². The van der Waals surface area contributed by atoms with Gasteiger partial charge in [-0.05, 0) is 105 Å². The van der Waals surface area contributed by atoms with Gasteiger partial charge in [-0.15, -0.1) is 11.3 Å². The SMILES string of the molecule is c1cc(-c2cccc3oc4ccccc4c23)cc(N(c2ccc(-c3cccc4ccccc34)cc2)c2cccc(-c3cccc4sc5ccccc5c34)c2)c1. The van der Waals surface area contributed by atoms with Crippen molar-refractivity contribution in [1.82, 2.24) is 0 Å². The minimum Gasteiger partial charge on any atom is -0.456 e. The zero-order chi connectivity index (χ0) is 36.3. The van der Waals surface area contributed by atoms with Gasteiger partial charge in [0.05, 0.1) is 0 Å². The second kappa shape index (κ2) is 12.9. The van der Waals surface area contributed by atoms with Gasteiger partial charge in [0, 0.05) is 48.0 Å². The van der Waals surface area contributed by atoms with E-state index in [1.807, 2.05) is 23.5 Å². The molecular weight excluding hydrogens is 687 g/mol. The average Bonchev–Trinajstić information content (AvgIpc) is 3.83. The highest BCUT2D eigenvalue weighted by molar-refractivity contribution is 7.25. The van der Waals surface area contributed by atoms with Gasteiger partial charge >= 0.3 is 0 Å². The van der Waals surface area contributed by atoms with E-state index in [2.05, 4.69) is 193 Å². The van der Waals surface area contributed by atoms with Crippen LogP contribution in [-0.2, 0) is 0 Å². The Kier molecular flexibility index (Phi) is 7.39. The van der Waals surface area contributed by atoms with Crippen LogP contribution in [0.4, 0.5) is 17.1 Å². The third-order valence-corrected chi connectivity index (χ3v) is 12.0. The number of thiophene rings is 1. The minimum atomic E-state index is 0.896. The first-order valence-corrected chi connectivity index (χ1v) is 19.5. The van der Waals surface area contributed by atoms with E-state index in [1.165, 1.54) is 53.2 Å². The van der Waals surface area contributed by atoms with Crippen molar-refractivity contribution in [2.45, 2.75) is 0 Å². The van der Waals surface area contributed by atoms with Crippen LogP contribution in [-0.4, -0.2) is 0 Å². The van der Waals surface area contributed by atoms with E-state index >= 15 is 0 Å². The van der Waals surface area contributed by atoms with Crippen molar-refractivity contribution >= 4 is 81.3 Å². The van der Waals surface area contributed by atoms with Crippen LogP contribution < -0.4 is 4.90 Å². The van der Waals surface area contributed by atoms with Gasteiger partial charge in [-0.3, -0.25) is 0 Å². The van der Waals surface area contributed by atoms with Crippen molar-refractivity contribution in [3.63, 3.8) is 0 Å². The summed E-state index contributed by atoms with van der Waals surface area (Å²) < 4.78 is 8.92. The number of furan rings is 1. The number of benzene rings is 9.